The lowest BCUT2D eigenvalue weighted by atomic mass is 9.99. The summed E-state index contributed by atoms with van der Waals surface area (Å²) in [6.07, 6.45) is 1.52. The number of benzene rings is 2. The number of anilines is 1. The Morgan fingerprint density at radius 1 is 1.15 bits per heavy atom. The summed E-state index contributed by atoms with van der Waals surface area (Å²) in [5.41, 5.74) is 1.20. The highest BCUT2D eigenvalue weighted by molar-refractivity contribution is 5.70. The minimum atomic E-state index is -0.597. The van der Waals surface area contributed by atoms with Crippen LogP contribution in [-0.2, 0) is 22.6 Å². The predicted octanol–water partition coefficient (Wildman–Crippen LogP) is 6.98. The third kappa shape index (κ3) is 9.09. The van der Waals surface area contributed by atoms with Gasteiger partial charge in [0, 0.05) is 31.7 Å². The lowest BCUT2D eigenvalue weighted by molar-refractivity contribution is -0.384. The molecule has 2 aromatic rings. The molecule has 1 N–H and O–H groups in total. The molecule has 0 aliphatic carbocycles. The molecule has 2 aromatic carbocycles. The van der Waals surface area contributed by atoms with E-state index in [1.54, 1.807) is 21.9 Å². The van der Waals surface area contributed by atoms with Crippen LogP contribution in [0.4, 0.5) is 21.0 Å². The molecule has 0 spiro atoms. The Morgan fingerprint density at radius 2 is 1.85 bits per heavy atom. The fourth-order valence-corrected chi connectivity index (χ4v) is 5.18. The number of carbonyl (C=O) groups excluding carboxylic acids is 2. The van der Waals surface area contributed by atoms with Gasteiger partial charge in [0.2, 0.25) is 0 Å². The molecule has 2 amide bonds. The average molecular weight is 569 g/mol. The van der Waals surface area contributed by atoms with Gasteiger partial charge >= 0.3 is 12.2 Å². The molecule has 1 aliphatic heterocycles. The standard InChI is InChI=1S/C31H44N4O6/c1-7-27(22(2)3)34(29(36)40-21-23-12-9-8-10-13-23)20-24-15-16-26(28(18-24)35(38)39)32-19-25-14-11-17-33(25)30(37)41-31(4,5)6/h8-10,12-13,15-16,18,22,25,27,32H,7,11,14,17,19-21H2,1-6H3. The maximum atomic E-state index is 13.2. The first kappa shape index (κ1) is 31.7. The molecule has 2 atom stereocenters. The van der Waals surface area contributed by atoms with Crippen molar-refractivity contribution in [1.82, 2.24) is 9.80 Å². The molecule has 10 heteroatoms. The number of nitrogens with one attached hydrogen (secondary N) is 1. The third-order valence-electron chi connectivity index (χ3n) is 7.17. The zero-order valence-corrected chi connectivity index (χ0v) is 25.1. The van der Waals surface area contributed by atoms with E-state index in [-0.39, 0.29) is 42.9 Å². The highest BCUT2D eigenvalue weighted by atomic mass is 16.6. The highest BCUT2D eigenvalue weighted by Gasteiger charge is 2.33. The summed E-state index contributed by atoms with van der Waals surface area (Å²) in [6, 6.07) is 14.2. The highest BCUT2D eigenvalue weighted by Crippen LogP contribution is 2.29. The van der Waals surface area contributed by atoms with Crippen LogP contribution >= 0.6 is 0 Å². The fourth-order valence-electron chi connectivity index (χ4n) is 5.18. The van der Waals surface area contributed by atoms with E-state index in [4.69, 9.17) is 9.47 Å². The van der Waals surface area contributed by atoms with E-state index in [2.05, 4.69) is 5.32 Å². The van der Waals surface area contributed by atoms with Crippen molar-refractivity contribution >= 4 is 23.6 Å². The number of hydrogen-bond donors (Lipinski definition) is 1. The lowest BCUT2D eigenvalue weighted by Gasteiger charge is -2.33. The molecule has 224 valence electrons. The molecule has 0 bridgehead atoms. The van der Waals surface area contributed by atoms with Crippen LogP contribution in [0.3, 0.4) is 0 Å². The molecule has 0 aromatic heterocycles. The van der Waals surface area contributed by atoms with Crippen molar-refractivity contribution in [2.75, 3.05) is 18.4 Å². The topological polar surface area (TPSA) is 114 Å². The van der Waals surface area contributed by atoms with E-state index in [0.29, 0.717) is 24.3 Å². The first-order chi connectivity index (χ1) is 19.4. The Morgan fingerprint density at radius 3 is 2.46 bits per heavy atom. The molecular formula is C31H44N4O6. The van der Waals surface area contributed by atoms with E-state index in [9.17, 15) is 19.7 Å². The summed E-state index contributed by atoms with van der Waals surface area (Å²) in [5.74, 6) is 0.166. The molecule has 1 fully saturated rings. The van der Waals surface area contributed by atoms with Gasteiger partial charge in [-0.3, -0.25) is 10.1 Å². The molecular weight excluding hydrogens is 524 g/mol. The van der Waals surface area contributed by atoms with Gasteiger partial charge in [0.1, 0.15) is 17.9 Å². The van der Waals surface area contributed by atoms with Crippen molar-refractivity contribution in [1.29, 1.82) is 0 Å². The number of nitro benzene ring substituents is 1. The van der Waals surface area contributed by atoms with Crippen molar-refractivity contribution in [2.45, 2.75) is 91.6 Å². The molecule has 1 heterocycles. The Kier molecular flexibility index (Phi) is 11.0. The van der Waals surface area contributed by atoms with Gasteiger partial charge in [-0.15, -0.1) is 0 Å². The van der Waals surface area contributed by atoms with E-state index in [1.165, 1.54) is 6.07 Å². The van der Waals surface area contributed by atoms with Crippen LogP contribution in [0.5, 0.6) is 0 Å². The van der Waals surface area contributed by atoms with Crippen LogP contribution in [-0.4, -0.2) is 57.7 Å². The molecule has 41 heavy (non-hydrogen) atoms. The zero-order valence-electron chi connectivity index (χ0n) is 25.1. The molecule has 0 radical (unpaired) electrons. The number of amides is 2. The third-order valence-corrected chi connectivity index (χ3v) is 7.17. The summed E-state index contributed by atoms with van der Waals surface area (Å²) in [5, 5.41) is 15.2. The van der Waals surface area contributed by atoms with Crippen molar-refractivity contribution in [3.63, 3.8) is 0 Å². The minimum absolute atomic E-state index is 0.0838. The number of likely N-dealkylation sites (tertiary alicyclic amines) is 1. The SMILES string of the molecule is CCC(C(C)C)N(Cc1ccc(NCC2CCCN2C(=O)OC(C)(C)C)c([N+](=O)[O-])c1)C(=O)OCc1ccccc1. The predicted molar refractivity (Wildman–Crippen MR) is 159 cm³/mol. The van der Waals surface area contributed by atoms with Gasteiger partial charge in [0.05, 0.1) is 11.0 Å². The van der Waals surface area contributed by atoms with Crippen molar-refractivity contribution in [2.24, 2.45) is 5.92 Å². The number of carbonyl (C=O) groups is 2. The molecule has 10 nitrogen and oxygen atoms in total. The van der Waals surface area contributed by atoms with Crippen molar-refractivity contribution < 1.29 is 24.0 Å². The maximum Gasteiger partial charge on any atom is 0.410 e. The van der Waals surface area contributed by atoms with Gasteiger partial charge < -0.3 is 24.6 Å². The van der Waals surface area contributed by atoms with E-state index in [1.807, 2.05) is 71.9 Å². The number of ether oxygens (including phenoxy) is 2. The van der Waals surface area contributed by atoms with Crippen LogP contribution in [0.15, 0.2) is 48.5 Å². The summed E-state index contributed by atoms with van der Waals surface area (Å²) >= 11 is 0. The van der Waals surface area contributed by atoms with Crippen LogP contribution in [0, 0.1) is 16.0 Å². The fraction of sp³-hybridized carbons (Fsp3) is 0.548. The Bertz CT molecular complexity index is 1180. The Balaban J connectivity index is 1.74. The van der Waals surface area contributed by atoms with Crippen LogP contribution in [0.2, 0.25) is 0 Å². The van der Waals surface area contributed by atoms with Crippen molar-refractivity contribution in [3.8, 4) is 0 Å². The second-order valence-electron chi connectivity index (χ2n) is 11.8. The second-order valence-corrected chi connectivity index (χ2v) is 11.8. The van der Waals surface area contributed by atoms with Crippen LogP contribution in [0.25, 0.3) is 0 Å². The summed E-state index contributed by atoms with van der Waals surface area (Å²) in [6.45, 7) is 12.9. The van der Waals surface area contributed by atoms with E-state index < -0.39 is 16.6 Å². The maximum absolute atomic E-state index is 13.2. The normalized spacial score (nSPS) is 15.9. The van der Waals surface area contributed by atoms with Crippen LogP contribution < -0.4 is 5.32 Å². The summed E-state index contributed by atoms with van der Waals surface area (Å²) in [4.78, 5) is 40.9. The Hall–Kier alpha value is -3.82. The number of nitrogens with zero attached hydrogens (tertiary/aromatic N) is 3. The second kappa shape index (κ2) is 14.2. The molecule has 2 unspecified atom stereocenters. The number of hydrogen-bond acceptors (Lipinski definition) is 7. The van der Waals surface area contributed by atoms with Crippen LogP contribution in [0.1, 0.15) is 71.9 Å². The van der Waals surface area contributed by atoms with Gasteiger partial charge in [0.15, 0.2) is 0 Å². The number of nitro groups is 1. The zero-order chi connectivity index (χ0) is 30.2. The molecule has 0 saturated carbocycles. The van der Waals surface area contributed by atoms with E-state index >= 15 is 0 Å². The van der Waals surface area contributed by atoms with Gasteiger partial charge in [0.25, 0.3) is 5.69 Å². The first-order valence-electron chi connectivity index (χ1n) is 14.4. The van der Waals surface area contributed by atoms with Gasteiger partial charge in [-0.05, 0) is 63.1 Å². The summed E-state index contributed by atoms with van der Waals surface area (Å²) in [7, 11) is 0. The number of rotatable bonds is 11. The summed E-state index contributed by atoms with van der Waals surface area (Å²) < 4.78 is 11.2. The Labute approximate surface area is 243 Å². The first-order valence-corrected chi connectivity index (χ1v) is 14.4. The lowest BCUT2D eigenvalue weighted by Crippen LogP contribution is -2.43. The van der Waals surface area contributed by atoms with Crippen molar-refractivity contribution in [3.05, 3.63) is 69.8 Å². The molecule has 1 saturated heterocycles. The average Bonchev–Trinajstić information content (AvgIpc) is 3.39. The largest absolute Gasteiger partial charge is 0.445 e. The quantitative estimate of drug-likeness (QED) is 0.230. The minimum Gasteiger partial charge on any atom is -0.445 e. The van der Waals surface area contributed by atoms with Gasteiger partial charge in [-0.1, -0.05) is 57.2 Å². The van der Waals surface area contributed by atoms with Gasteiger partial charge in [-0.2, -0.15) is 0 Å². The van der Waals surface area contributed by atoms with E-state index in [0.717, 1.165) is 24.8 Å². The smallest absolute Gasteiger partial charge is 0.410 e. The monoisotopic (exact) mass is 568 g/mol. The van der Waals surface area contributed by atoms with Gasteiger partial charge in [-0.25, -0.2) is 9.59 Å². The molecule has 3 rings (SSSR count). The molecule has 1 aliphatic rings.